The summed E-state index contributed by atoms with van der Waals surface area (Å²) in [6.07, 6.45) is 8.22. The Morgan fingerprint density at radius 2 is 1.48 bits per heavy atom. The minimum absolute atomic E-state index is 0.142. The maximum absolute atomic E-state index is 14.0. The number of carbonyl (C=O) groups excluding carboxylic acids is 1. The van der Waals surface area contributed by atoms with Crippen LogP contribution >= 0.6 is 0 Å². The molecule has 0 aromatic heterocycles. The Morgan fingerprint density at radius 1 is 0.909 bits per heavy atom. The van der Waals surface area contributed by atoms with Gasteiger partial charge in [0.15, 0.2) is 5.78 Å². The van der Waals surface area contributed by atoms with Crippen molar-refractivity contribution in [3.05, 3.63) is 70.3 Å². The number of carbonyl (C=O) groups is 1. The summed E-state index contributed by atoms with van der Waals surface area (Å²) in [5, 5.41) is 0. The van der Waals surface area contributed by atoms with Gasteiger partial charge in [-0.15, -0.1) is 0 Å². The smallest absolute Gasteiger partial charge is 0.166 e. The van der Waals surface area contributed by atoms with Gasteiger partial charge in [0.05, 0.1) is 0 Å². The van der Waals surface area contributed by atoms with E-state index in [-0.39, 0.29) is 16.7 Å². The molecule has 2 saturated heterocycles. The van der Waals surface area contributed by atoms with Crippen LogP contribution in [0.25, 0.3) is 0 Å². The second-order valence-corrected chi connectivity index (χ2v) is 12.4. The van der Waals surface area contributed by atoms with Crippen molar-refractivity contribution in [2.45, 2.75) is 109 Å². The lowest BCUT2D eigenvalue weighted by Crippen LogP contribution is -2.52. The fourth-order valence-electron chi connectivity index (χ4n) is 6.95. The highest BCUT2D eigenvalue weighted by atomic mass is 16.1. The number of hydrogen-bond acceptors (Lipinski definition) is 2. The van der Waals surface area contributed by atoms with E-state index in [4.69, 9.17) is 0 Å². The molecule has 2 aliphatic heterocycles. The van der Waals surface area contributed by atoms with E-state index >= 15 is 0 Å². The fourth-order valence-corrected chi connectivity index (χ4v) is 6.95. The number of ketones is 1. The molecule has 0 radical (unpaired) electrons. The van der Waals surface area contributed by atoms with Gasteiger partial charge in [-0.05, 0) is 84.6 Å². The van der Waals surface area contributed by atoms with Crippen molar-refractivity contribution in [2.24, 2.45) is 5.92 Å². The van der Waals surface area contributed by atoms with E-state index in [2.05, 4.69) is 82.0 Å². The molecule has 2 atom stereocenters. The van der Waals surface area contributed by atoms with E-state index in [1.807, 2.05) is 0 Å². The normalized spacial score (nSPS) is 28.2. The predicted molar refractivity (Wildman–Crippen MR) is 137 cm³/mol. The molecule has 0 N–H and O–H groups in total. The zero-order chi connectivity index (χ0) is 23.4. The molecule has 2 aromatic rings. The molecule has 0 saturated carbocycles. The highest BCUT2D eigenvalue weighted by Crippen LogP contribution is 2.47. The third-order valence-electron chi connectivity index (χ3n) is 9.17. The summed E-state index contributed by atoms with van der Waals surface area (Å²) in [6.45, 7) is 12.6. The van der Waals surface area contributed by atoms with Gasteiger partial charge in [-0.1, -0.05) is 70.5 Å². The Hall–Kier alpha value is -1.93. The van der Waals surface area contributed by atoms with Crippen molar-refractivity contribution in [1.29, 1.82) is 0 Å². The summed E-state index contributed by atoms with van der Waals surface area (Å²) in [5.41, 5.74) is 6.78. The van der Waals surface area contributed by atoms with Crippen LogP contribution in [0.15, 0.2) is 42.5 Å². The topological polar surface area (TPSA) is 20.3 Å². The van der Waals surface area contributed by atoms with Gasteiger partial charge in [-0.3, -0.25) is 9.69 Å². The summed E-state index contributed by atoms with van der Waals surface area (Å²) in [7, 11) is 0. The summed E-state index contributed by atoms with van der Waals surface area (Å²) >= 11 is 0. The monoisotopic (exact) mass is 443 g/mol. The molecule has 2 unspecified atom stereocenters. The molecular formula is C31H41NO. The lowest BCUT2D eigenvalue weighted by molar-refractivity contribution is 0.00903. The molecule has 0 spiro atoms. The van der Waals surface area contributed by atoms with Crippen LogP contribution in [0.2, 0.25) is 0 Å². The second kappa shape index (κ2) is 8.38. The molecule has 33 heavy (non-hydrogen) atoms. The van der Waals surface area contributed by atoms with E-state index in [1.165, 1.54) is 54.4 Å². The largest absolute Gasteiger partial charge is 0.294 e. The molecule has 5 rings (SSSR count). The van der Waals surface area contributed by atoms with Crippen molar-refractivity contribution in [1.82, 2.24) is 4.90 Å². The number of Topliss-reactive ketones (excluding diaryl/α,β-unsaturated/α-hetero) is 1. The van der Waals surface area contributed by atoms with Gasteiger partial charge in [0.25, 0.3) is 0 Å². The molecule has 3 aliphatic rings. The zero-order valence-corrected chi connectivity index (χ0v) is 21.3. The van der Waals surface area contributed by atoms with Crippen LogP contribution in [0.1, 0.15) is 105 Å². The molecule has 2 aromatic carbocycles. The van der Waals surface area contributed by atoms with Crippen molar-refractivity contribution < 1.29 is 4.79 Å². The number of nitrogens with zero attached hydrogens (tertiary/aromatic N) is 1. The van der Waals surface area contributed by atoms with Crippen LogP contribution in [0.4, 0.5) is 0 Å². The number of hydrogen-bond donors (Lipinski definition) is 0. The average molecular weight is 444 g/mol. The number of aryl methyl sites for hydroxylation is 1. The van der Waals surface area contributed by atoms with Gasteiger partial charge >= 0.3 is 0 Å². The number of fused-ring (bicyclic) bond motifs is 3. The predicted octanol–water partition coefficient (Wildman–Crippen LogP) is 7.36. The van der Waals surface area contributed by atoms with Crippen molar-refractivity contribution in [3.63, 3.8) is 0 Å². The molecule has 0 amide bonds. The Balaban J connectivity index is 1.41. The summed E-state index contributed by atoms with van der Waals surface area (Å²) < 4.78 is 0. The summed E-state index contributed by atoms with van der Waals surface area (Å²) in [5.74, 6) is 0.578. The Bertz CT molecular complexity index is 1020. The maximum atomic E-state index is 14.0. The van der Waals surface area contributed by atoms with E-state index in [0.717, 1.165) is 24.9 Å². The molecule has 2 nitrogen and oxygen atoms in total. The first-order valence-electron chi connectivity index (χ1n) is 13.2. The Kier molecular flexibility index (Phi) is 5.80. The number of benzene rings is 2. The molecular weight excluding hydrogens is 402 g/mol. The van der Waals surface area contributed by atoms with Crippen molar-refractivity contribution in [3.8, 4) is 0 Å². The standard InChI is InChI=1S/C31H41NO/c1-21-16-27-28(31(4,5)15-14-30(27,2)3)19-26(21)29(33)23-17-24-12-9-13-25(18-23)32(24)20-22-10-7-6-8-11-22/h6-8,10-11,16,19,23-25H,9,12-15,17-18,20H2,1-5H3. The van der Waals surface area contributed by atoms with Gasteiger partial charge in [-0.25, -0.2) is 0 Å². The van der Waals surface area contributed by atoms with Crippen molar-refractivity contribution >= 4 is 5.78 Å². The Morgan fingerprint density at radius 3 is 2.09 bits per heavy atom. The lowest BCUT2D eigenvalue weighted by atomic mass is 9.62. The molecule has 2 heterocycles. The van der Waals surface area contributed by atoms with Crippen LogP contribution < -0.4 is 0 Å². The Labute approximate surface area is 200 Å². The van der Waals surface area contributed by atoms with Gasteiger partial charge in [0.2, 0.25) is 0 Å². The van der Waals surface area contributed by atoms with Gasteiger partial charge in [-0.2, -0.15) is 0 Å². The first kappa shape index (κ1) is 22.8. The van der Waals surface area contributed by atoms with Crippen LogP contribution in [0.5, 0.6) is 0 Å². The summed E-state index contributed by atoms with van der Waals surface area (Å²) in [6, 6.07) is 16.6. The number of rotatable bonds is 4. The van der Waals surface area contributed by atoms with E-state index in [1.54, 1.807) is 0 Å². The molecule has 1 aliphatic carbocycles. The van der Waals surface area contributed by atoms with E-state index in [9.17, 15) is 4.79 Å². The zero-order valence-electron chi connectivity index (χ0n) is 21.3. The van der Waals surface area contributed by atoms with Gasteiger partial charge < -0.3 is 0 Å². The van der Waals surface area contributed by atoms with Crippen LogP contribution in [0, 0.1) is 12.8 Å². The van der Waals surface area contributed by atoms with Crippen molar-refractivity contribution in [2.75, 3.05) is 0 Å². The highest BCUT2D eigenvalue weighted by Gasteiger charge is 2.42. The van der Waals surface area contributed by atoms with Gasteiger partial charge in [0.1, 0.15) is 0 Å². The minimum atomic E-state index is 0.142. The third kappa shape index (κ3) is 4.20. The van der Waals surface area contributed by atoms with E-state index < -0.39 is 0 Å². The lowest BCUT2D eigenvalue weighted by Gasteiger charge is -2.49. The second-order valence-electron chi connectivity index (χ2n) is 12.4. The third-order valence-corrected chi connectivity index (χ3v) is 9.17. The van der Waals surface area contributed by atoms with E-state index in [0.29, 0.717) is 17.9 Å². The fraction of sp³-hybridized carbons (Fsp3) is 0.581. The maximum Gasteiger partial charge on any atom is 0.166 e. The quantitative estimate of drug-likeness (QED) is 0.460. The SMILES string of the molecule is Cc1cc2c(cc1C(=O)C1CC3CCCC(C1)N3Cc1ccccc1)C(C)(C)CCC2(C)C. The first-order chi connectivity index (χ1) is 15.7. The molecule has 176 valence electrons. The number of piperidine rings is 2. The average Bonchev–Trinajstić information content (AvgIpc) is 2.77. The first-order valence-corrected chi connectivity index (χ1v) is 13.2. The minimum Gasteiger partial charge on any atom is -0.294 e. The highest BCUT2D eigenvalue weighted by molar-refractivity contribution is 5.99. The van der Waals surface area contributed by atoms with Crippen LogP contribution in [-0.4, -0.2) is 22.8 Å². The van der Waals surface area contributed by atoms with Gasteiger partial charge in [0, 0.05) is 30.1 Å². The molecule has 2 fully saturated rings. The molecule has 2 heteroatoms. The van der Waals surface area contributed by atoms with Crippen LogP contribution in [0.3, 0.4) is 0 Å². The molecule has 2 bridgehead atoms. The summed E-state index contributed by atoms with van der Waals surface area (Å²) in [4.78, 5) is 16.7. The van der Waals surface area contributed by atoms with Crippen LogP contribution in [-0.2, 0) is 17.4 Å².